The van der Waals surface area contributed by atoms with Crippen molar-refractivity contribution in [3.63, 3.8) is 0 Å². The van der Waals surface area contributed by atoms with Gasteiger partial charge in [0, 0.05) is 37.1 Å². The summed E-state index contributed by atoms with van der Waals surface area (Å²) in [4.78, 5) is 20.7. The molecule has 0 aromatic carbocycles. The van der Waals surface area contributed by atoms with Gasteiger partial charge in [-0.2, -0.15) is 5.10 Å². The van der Waals surface area contributed by atoms with E-state index in [1.165, 1.54) is 0 Å². The van der Waals surface area contributed by atoms with Crippen LogP contribution in [0.4, 0.5) is 8.78 Å². The van der Waals surface area contributed by atoms with Gasteiger partial charge in [0.1, 0.15) is 5.69 Å². The van der Waals surface area contributed by atoms with Gasteiger partial charge in [-0.25, -0.2) is 13.8 Å². The maximum absolute atomic E-state index is 13.0. The first-order valence-corrected chi connectivity index (χ1v) is 9.21. The summed E-state index contributed by atoms with van der Waals surface area (Å²) in [6.07, 6.45) is 4.87. The Labute approximate surface area is 167 Å². The van der Waals surface area contributed by atoms with Gasteiger partial charge in [-0.15, -0.1) is 0 Å². The molecule has 0 bridgehead atoms. The van der Waals surface area contributed by atoms with E-state index in [1.807, 2.05) is 19.9 Å². The van der Waals surface area contributed by atoms with Gasteiger partial charge in [-0.05, 0) is 38.5 Å². The minimum atomic E-state index is -2.92. The molecule has 0 fully saturated rings. The van der Waals surface area contributed by atoms with Crippen molar-refractivity contribution >= 4 is 16.8 Å². The number of halogens is 2. The molecule has 3 aromatic heterocycles. The van der Waals surface area contributed by atoms with Crippen LogP contribution >= 0.6 is 0 Å². The predicted octanol–water partition coefficient (Wildman–Crippen LogP) is 3.36. The number of nitrogens with zero attached hydrogens (tertiary/aromatic N) is 4. The summed E-state index contributed by atoms with van der Waals surface area (Å²) in [5, 5.41) is 7.97. The molecule has 3 heterocycles. The Kier molecular flexibility index (Phi) is 5.76. The second kappa shape index (κ2) is 8.10. The van der Waals surface area contributed by atoms with Gasteiger partial charge >= 0.3 is 0 Å². The molecule has 9 heteroatoms. The lowest BCUT2D eigenvalue weighted by Gasteiger charge is -2.13. The molecule has 0 aliphatic heterocycles. The average molecular weight is 403 g/mol. The molecular weight excluding hydrogens is 380 g/mol. The summed E-state index contributed by atoms with van der Waals surface area (Å²) < 4.78 is 32.7. The molecule has 0 aliphatic rings. The summed E-state index contributed by atoms with van der Waals surface area (Å²) in [7, 11) is 0. The van der Waals surface area contributed by atoms with E-state index in [2.05, 4.69) is 20.4 Å². The van der Waals surface area contributed by atoms with Crippen molar-refractivity contribution in [3.05, 3.63) is 47.5 Å². The molecule has 0 unspecified atom stereocenters. The molecule has 29 heavy (non-hydrogen) atoms. The highest BCUT2D eigenvalue weighted by atomic mass is 19.3. The summed E-state index contributed by atoms with van der Waals surface area (Å²) in [6, 6.07) is 3.55. The molecule has 0 radical (unpaired) electrons. The van der Waals surface area contributed by atoms with E-state index in [1.54, 1.807) is 36.3 Å². The highest BCUT2D eigenvalue weighted by Gasteiger charge is 2.23. The Bertz CT molecular complexity index is 1030. The smallest absolute Gasteiger partial charge is 0.278 e. The van der Waals surface area contributed by atoms with E-state index in [0.717, 1.165) is 12.5 Å². The molecule has 1 N–H and O–H groups in total. The van der Waals surface area contributed by atoms with Gasteiger partial charge in [-0.3, -0.25) is 14.5 Å². The summed E-state index contributed by atoms with van der Waals surface area (Å²) in [5.41, 5.74) is 2.46. The summed E-state index contributed by atoms with van der Waals surface area (Å²) in [6.45, 7) is 5.98. The molecule has 0 spiro atoms. The van der Waals surface area contributed by atoms with Crippen molar-refractivity contribution in [3.8, 4) is 5.88 Å². The van der Waals surface area contributed by atoms with Crippen LogP contribution in [0, 0.1) is 6.92 Å². The third-order valence-electron chi connectivity index (χ3n) is 4.01. The number of hydrogen-bond acceptors (Lipinski definition) is 5. The molecule has 7 nitrogen and oxygen atoms in total. The number of ether oxygens (including phenoxy) is 1. The fourth-order valence-electron chi connectivity index (χ4n) is 2.83. The van der Waals surface area contributed by atoms with E-state index in [-0.39, 0.29) is 17.8 Å². The van der Waals surface area contributed by atoms with Crippen molar-refractivity contribution < 1.29 is 18.3 Å². The first-order valence-electron chi connectivity index (χ1n) is 9.21. The lowest BCUT2D eigenvalue weighted by Crippen LogP contribution is -2.30. The van der Waals surface area contributed by atoms with Crippen molar-refractivity contribution in [2.24, 2.45) is 0 Å². The van der Waals surface area contributed by atoms with Crippen LogP contribution in [-0.2, 0) is 6.54 Å². The van der Waals surface area contributed by atoms with Crippen molar-refractivity contribution in [1.82, 2.24) is 25.1 Å². The average Bonchev–Trinajstić information content (AvgIpc) is 3.01. The number of aromatic nitrogens is 4. The Balaban J connectivity index is 1.80. The zero-order valence-corrected chi connectivity index (χ0v) is 16.7. The Morgan fingerprint density at radius 3 is 2.76 bits per heavy atom. The SMILES string of the molecule is Cc1cc(Cn2cc3c(C(=O)NC(C)C)nccc3n2)cnc1OCC(C)(F)F. The number of amides is 1. The van der Waals surface area contributed by atoms with Gasteiger partial charge < -0.3 is 10.1 Å². The normalized spacial score (nSPS) is 11.8. The second-order valence-corrected chi connectivity index (χ2v) is 7.37. The molecule has 1 amide bonds. The number of fused-ring (bicyclic) bond motifs is 1. The number of aryl methyl sites for hydroxylation is 1. The van der Waals surface area contributed by atoms with Gasteiger partial charge in [0.2, 0.25) is 5.88 Å². The van der Waals surface area contributed by atoms with E-state index in [0.29, 0.717) is 28.7 Å². The van der Waals surface area contributed by atoms with E-state index >= 15 is 0 Å². The fourth-order valence-corrected chi connectivity index (χ4v) is 2.83. The molecular formula is C20H23F2N5O2. The standard InChI is InChI=1S/C20H23F2N5O2/c1-12(2)25-18(28)17-15-10-27(26-16(15)5-6-23-17)9-14-7-13(3)19(24-8-14)29-11-20(4,21)22/h5-8,10,12H,9,11H2,1-4H3,(H,25,28). The Hall–Kier alpha value is -3.10. The molecule has 3 rings (SSSR count). The van der Waals surface area contributed by atoms with Gasteiger partial charge in [-0.1, -0.05) is 0 Å². The van der Waals surface area contributed by atoms with Crippen LogP contribution in [0.25, 0.3) is 10.9 Å². The van der Waals surface area contributed by atoms with Crippen molar-refractivity contribution in [1.29, 1.82) is 0 Å². The maximum atomic E-state index is 13.0. The molecule has 3 aromatic rings. The topological polar surface area (TPSA) is 81.9 Å². The minimum absolute atomic E-state index is 0.00274. The zero-order chi connectivity index (χ0) is 21.2. The molecule has 154 valence electrons. The van der Waals surface area contributed by atoms with E-state index in [9.17, 15) is 13.6 Å². The van der Waals surface area contributed by atoms with Crippen LogP contribution in [0.2, 0.25) is 0 Å². The Morgan fingerprint density at radius 1 is 1.34 bits per heavy atom. The fraction of sp³-hybridized carbons (Fsp3) is 0.400. The molecule has 0 saturated carbocycles. The van der Waals surface area contributed by atoms with Gasteiger partial charge in [0.05, 0.1) is 17.4 Å². The highest BCUT2D eigenvalue weighted by molar-refractivity contribution is 6.04. The minimum Gasteiger partial charge on any atom is -0.471 e. The van der Waals surface area contributed by atoms with Crippen molar-refractivity contribution in [2.75, 3.05) is 6.61 Å². The van der Waals surface area contributed by atoms with Crippen LogP contribution < -0.4 is 10.1 Å². The van der Waals surface area contributed by atoms with Crippen molar-refractivity contribution in [2.45, 2.75) is 46.2 Å². The number of rotatable bonds is 7. The van der Waals surface area contributed by atoms with Crippen LogP contribution in [0.15, 0.2) is 30.7 Å². The number of pyridine rings is 2. The maximum Gasteiger partial charge on any atom is 0.278 e. The molecule has 0 saturated heterocycles. The highest BCUT2D eigenvalue weighted by Crippen LogP contribution is 2.21. The zero-order valence-electron chi connectivity index (χ0n) is 16.7. The largest absolute Gasteiger partial charge is 0.471 e. The molecule has 0 aliphatic carbocycles. The first-order chi connectivity index (χ1) is 13.6. The van der Waals surface area contributed by atoms with Crippen LogP contribution in [0.5, 0.6) is 5.88 Å². The number of hydrogen-bond donors (Lipinski definition) is 1. The van der Waals surface area contributed by atoms with Crippen LogP contribution in [0.3, 0.4) is 0 Å². The number of nitrogens with one attached hydrogen (secondary N) is 1. The number of carbonyl (C=O) groups is 1. The van der Waals surface area contributed by atoms with Gasteiger partial charge in [0.25, 0.3) is 11.8 Å². The number of carbonyl (C=O) groups excluding carboxylic acids is 1. The first kappa shape index (κ1) is 20.6. The van der Waals surface area contributed by atoms with E-state index in [4.69, 9.17) is 4.74 Å². The van der Waals surface area contributed by atoms with E-state index < -0.39 is 12.5 Å². The lowest BCUT2D eigenvalue weighted by atomic mass is 10.2. The van der Waals surface area contributed by atoms with Gasteiger partial charge in [0.15, 0.2) is 6.61 Å². The second-order valence-electron chi connectivity index (χ2n) is 7.37. The lowest BCUT2D eigenvalue weighted by molar-refractivity contribution is -0.0244. The third kappa shape index (κ3) is 5.24. The van der Waals surface area contributed by atoms with Crippen LogP contribution in [0.1, 0.15) is 42.4 Å². The predicted molar refractivity (Wildman–Crippen MR) is 104 cm³/mol. The quantitative estimate of drug-likeness (QED) is 0.654. The third-order valence-corrected chi connectivity index (χ3v) is 4.01. The Morgan fingerprint density at radius 2 is 2.10 bits per heavy atom. The number of alkyl halides is 2. The molecule has 0 atom stereocenters. The van der Waals surface area contributed by atoms with Crippen LogP contribution in [-0.4, -0.2) is 44.2 Å². The summed E-state index contributed by atoms with van der Waals surface area (Å²) >= 11 is 0. The summed E-state index contributed by atoms with van der Waals surface area (Å²) in [5.74, 6) is -3.00. The monoisotopic (exact) mass is 403 g/mol.